The van der Waals surface area contributed by atoms with E-state index in [0.29, 0.717) is 11.4 Å². The summed E-state index contributed by atoms with van der Waals surface area (Å²) < 4.78 is 12.6. The number of methoxy groups -OCH3 is 1. The van der Waals surface area contributed by atoms with E-state index in [1.807, 2.05) is 35.1 Å². The van der Waals surface area contributed by atoms with E-state index in [2.05, 4.69) is 10.4 Å². The van der Waals surface area contributed by atoms with E-state index in [9.17, 15) is 4.79 Å². The molecule has 1 aromatic carbocycles. The average molecular weight is 347 g/mol. The molecule has 1 aliphatic rings. The summed E-state index contributed by atoms with van der Waals surface area (Å²) in [5.41, 5.74) is 0.712. The van der Waals surface area contributed by atoms with E-state index in [-0.39, 0.29) is 12.0 Å². The van der Waals surface area contributed by atoms with Crippen LogP contribution in [0.15, 0.2) is 41.6 Å². The van der Waals surface area contributed by atoms with E-state index >= 15 is 0 Å². The highest BCUT2D eigenvalue weighted by molar-refractivity contribution is 8.00. The molecule has 1 atom stereocenters. The molecule has 7 heteroatoms. The highest BCUT2D eigenvalue weighted by atomic mass is 32.2. The van der Waals surface area contributed by atoms with Crippen molar-refractivity contribution in [3.05, 3.63) is 36.7 Å². The molecule has 2 aromatic rings. The van der Waals surface area contributed by atoms with Gasteiger partial charge in [-0.15, -0.1) is 11.8 Å². The van der Waals surface area contributed by atoms with Crippen LogP contribution in [-0.4, -0.2) is 41.3 Å². The lowest BCUT2D eigenvalue weighted by atomic mass is 10.2. The van der Waals surface area contributed by atoms with Crippen LogP contribution in [0.4, 0.5) is 5.69 Å². The van der Waals surface area contributed by atoms with Crippen molar-refractivity contribution in [2.75, 3.05) is 24.8 Å². The van der Waals surface area contributed by atoms with Gasteiger partial charge in [-0.3, -0.25) is 9.48 Å². The lowest BCUT2D eigenvalue weighted by Crippen LogP contribution is -2.15. The fourth-order valence-electron chi connectivity index (χ4n) is 2.56. The largest absolute Gasteiger partial charge is 0.497 e. The van der Waals surface area contributed by atoms with E-state index < -0.39 is 0 Å². The zero-order valence-corrected chi connectivity index (χ0v) is 14.4. The molecule has 1 saturated heterocycles. The molecule has 1 N–H and O–H groups in total. The molecule has 1 unspecified atom stereocenters. The first-order valence-corrected chi connectivity index (χ1v) is 8.92. The number of anilines is 1. The van der Waals surface area contributed by atoms with Gasteiger partial charge < -0.3 is 14.8 Å². The SMILES string of the molecule is COc1cccc(SCC(=O)Nc2cnn(CC3CCCO3)c2)c1. The standard InChI is InChI=1S/C17H21N3O3S/c1-22-14-4-2-6-16(8-14)24-12-17(21)19-13-9-18-20(10-13)11-15-5-3-7-23-15/h2,4,6,8-10,15H,3,5,7,11-12H2,1H3,(H,19,21). The monoisotopic (exact) mass is 347 g/mol. The van der Waals surface area contributed by atoms with Gasteiger partial charge >= 0.3 is 0 Å². The third-order valence-electron chi connectivity index (χ3n) is 3.74. The van der Waals surface area contributed by atoms with Crippen molar-refractivity contribution >= 4 is 23.4 Å². The fourth-order valence-corrected chi connectivity index (χ4v) is 3.31. The van der Waals surface area contributed by atoms with Crippen molar-refractivity contribution in [1.29, 1.82) is 0 Å². The van der Waals surface area contributed by atoms with Crippen LogP contribution >= 0.6 is 11.8 Å². The third kappa shape index (κ3) is 4.75. The number of benzene rings is 1. The van der Waals surface area contributed by atoms with Crippen LogP contribution in [0.25, 0.3) is 0 Å². The zero-order valence-electron chi connectivity index (χ0n) is 13.6. The van der Waals surface area contributed by atoms with Crippen LogP contribution in [0.1, 0.15) is 12.8 Å². The Kier molecular flexibility index (Phi) is 5.77. The average Bonchev–Trinajstić information content (AvgIpc) is 3.26. The maximum atomic E-state index is 12.1. The summed E-state index contributed by atoms with van der Waals surface area (Å²) in [6, 6.07) is 7.67. The highest BCUT2D eigenvalue weighted by Gasteiger charge is 2.16. The van der Waals surface area contributed by atoms with Crippen molar-refractivity contribution in [2.45, 2.75) is 30.4 Å². The Bertz CT molecular complexity index is 683. The van der Waals surface area contributed by atoms with Crippen LogP contribution in [0, 0.1) is 0 Å². The van der Waals surface area contributed by atoms with Gasteiger partial charge in [0.25, 0.3) is 0 Å². The molecule has 0 saturated carbocycles. The number of carbonyl (C=O) groups is 1. The lowest BCUT2D eigenvalue weighted by Gasteiger charge is -2.08. The van der Waals surface area contributed by atoms with Crippen molar-refractivity contribution < 1.29 is 14.3 Å². The summed E-state index contributed by atoms with van der Waals surface area (Å²) in [5, 5.41) is 7.14. The second-order valence-electron chi connectivity index (χ2n) is 5.60. The quantitative estimate of drug-likeness (QED) is 0.780. The van der Waals surface area contributed by atoms with Crippen molar-refractivity contribution in [3.63, 3.8) is 0 Å². The van der Waals surface area contributed by atoms with Crippen molar-refractivity contribution in [1.82, 2.24) is 9.78 Å². The summed E-state index contributed by atoms with van der Waals surface area (Å²) in [6.45, 7) is 1.56. The first-order chi connectivity index (χ1) is 11.7. The Balaban J connectivity index is 1.46. The van der Waals surface area contributed by atoms with E-state index in [4.69, 9.17) is 9.47 Å². The van der Waals surface area contributed by atoms with E-state index in [1.165, 1.54) is 11.8 Å². The number of amides is 1. The number of nitrogens with one attached hydrogen (secondary N) is 1. The van der Waals surface area contributed by atoms with Crippen molar-refractivity contribution in [3.8, 4) is 5.75 Å². The van der Waals surface area contributed by atoms with Crippen LogP contribution in [0.5, 0.6) is 5.75 Å². The van der Waals surface area contributed by atoms with Crippen LogP contribution in [0.2, 0.25) is 0 Å². The van der Waals surface area contributed by atoms with Gasteiger partial charge in [-0.2, -0.15) is 5.10 Å². The normalized spacial score (nSPS) is 17.0. The molecule has 24 heavy (non-hydrogen) atoms. The first kappa shape index (κ1) is 16.9. The minimum absolute atomic E-state index is 0.0560. The van der Waals surface area contributed by atoms with Gasteiger partial charge in [0.15, 0.2) is 0 Å². The Hall–Kier alpha value is -1.99. The molecule has 1 aliphatic heterocycles. The summed E-state index contributed by atoms with van der Waals surface area (Å²) in [7, 11) is 1.63. The van der Waals surface area contributed by atoms with Gasteiger partial charge in [-0.1, -0.05) is 6.07 Å². The summed E-state index contributed by atoms with van der Waals surface area (Å²) in [4.78, 5) is 13.1. The Morgan fingerprint density at radius 2 is 2.46 bits per heavy atom. The second kappa shape index (κ2) is 8.21. The van der Waals surface area contributed by atoms with Gasteiger partial charge in [-0.05, 0) is 31.0 Å². The maximum absolute atomic E-state index is 12.1. The highest BCUT2D eigenvalue weighted by Crippen LogP contribution is 2.23. The van der Waals surface area contributed by atoms with Crippen LogP contribution in [-0.2, 0) is 16.1 Å². The van der Waals surface area contributed by atoms with Gasteiger partial charge in [-0.25, -0.2) is 0 Å². The number of hydrogen-bond acceptors (Lipinski definition) is 5. The van der Waals surface area contributed by atoms with E-state index in [1.54, 1.807) is 13.3 Å². The van der Waals surface area contributed by atoms with E-state index in [0.717, 1.165) is 36.6 Å². The molecule has 128 valence electrons. The smallest absolute Gasteiger partial charge is 0.234 e. The van der Waals surface area contributed by atoms with Crippen LogP contribution in [0.3, 0.4) is 0 Å². The Morgan fingerprint density at radius 1 is 1.54 bits per heavy atom. The molecule has 1 aromatic heterocycles. The predicted octanol–water partition coefficient (Wildman–Crippen LogP) is 2.80. The first-order valence-electron chi connectivity index (χ1n) is 7.94. The molecule has 6 nitrogen and oxygen atoms in total. The number of nitrogens with zero attached hydrogens (tertiary/aromatic N) is 2. The number of ether oxygens (including phenoxy) is 2. The number of rotatable bonds is 7. The maximum Gasteiger partial charge on any atom is 0.234 e. The minimum atomic E-state index is -0.0560. The predicted molar refractivity (Wildman–Crippen MR) is 93.5 cm³/mol. The molecule has 1 fully saturated rings. The van der Waals surface area contributed by atoms with Crippen molar-refractivity contribution in [2.24, 2.45) is 0 Å². The third-order valence-corrected chi connectivity index (χ3v) is 4.74. The molecular formula is C17H21N3O3S. The minimum Gasteiger partial charge on any atom is -0.497 e. The Labute approximate surface area is 145 Å². The van der Waals surface area contributed by atoms with Gasteiger partial charge in [0.05, 0.1) is 37.4 Å². The number of aromatic nitrogens is 2. The molecule has 0 aliphatic carbocycles. The van der Waals surface area contributed by atoms with Gasteiger partial charge in [0.1, 0.15) is 5.75 Å². The van der Waals surface area contributed by atoms with Gasteiger partial charge in [0, 0.05) is 17.7 Å². The summed E-state index contributed by atoms with van der Waals surface area (Å²) in [6.07, 6.45) is 5.92. The molecule has 0 radical (unpaired) electrons. The Morgan fingerprint density at radius 3 is 3.25 bits per heavy atom. The summed E-state index contributed by atoms with van der Waals surface area (Å²) >= 11 is 1.47. The number of thioether (sulfide) groups is 1. The van der Waals surface area contributed by atoms with Crippen LogP contribution < -0.4 is 10.1 Å². The fraction of sp³-hybridized carbons (Fsp3) is 0.412. The molecular weight excluding hydrogens is 326 g/mol. The topological polar surface area (TPSA) is 65.4 Å². The molecule has 1 amide bonds. The zero-order chi connectivity index (χ0) is 16.8. The molecule has 3 rings (SSSR count). The lowest BCUT2D eigenvalue weighted by molar-refractivity contribution is -0.113. The number of carbonyl (C=O) groups excluding carboxylic acids is 1. The summed E-state index contributed by atoms with van der Waals surface area (Å²) in [5.74, 6) is 1.07. The number of hydrogen-bond donors (Lipinski definition) is 1. The molecule has 0 bridgehead atoms. The second-order valence-corrected chi connectivity index (χ2v) is 6.65. The molecule has 2 heterocycles. The molecule has 0 spiro atoms. The van der Waals surface area contributed by atoms with Gasteiger partial charge in [0.2, 0.25) is 5.91 Å².